The minimum atomic E-state index is -0.254. The Bertz CT molecular complexity index is 1660. The van der Waals surface area contributed by atoms with Gasteiger partial charge < -0.3 is 19.5 Å². The van der Waals surface area contributed by atoms with E-state index in [9.17, 15) is 14.4 Å². The standard InChI is InChI=1S/C33H43N7O4/c1-3-5-20-39-30-29(31(42)40(33(39)43)21-6-4-2)38-22-9-19-37(32(38)36-30)23-16-25-11-13-27(14-12-25)44-24-28(41)35-18-15-26-10-7-8-17-34-26/h7-8,10-14,17H,3-6,9,15-16,18-24H2,1-2H3,(H,35,41). The molecule has 1 aromatic carbocycles. The number of rotatable bonds is 15. The number of aryl methyl sites for hydroxylation is 2. The summed E-state index contributed by atoms with van der Waals surface area (Å²) in [7, 11) is 0. The summed E-state index contributed by atoms with van der Waals surface area (Å²) in [6, 6.07) is 13.5. The number of aromatic nitrogens is 5. The van der Waals surface area contributed by atoms with Crippen molar-refractivity contribution in [1.29, 1.82) is 0 Å². The number of anilines is 1. The van der Waals surface area contributed by atoms with Gasteiger partial charge in [-0.1, -0.05) is 44.9 Å². The maximum absolute atomic E-state index is 13.6. The number of nitrogens with one attached hydrogen (secondary N) is 1. The minimum Gasteiger partial charge on any atom is -0.484 e. The summed E-state index contributed by atoms with van der Waals surface area (Å²) in [5.41, 5.74) is 2.63. The summed E-state index contributed by atoms with van der Waals surface area (Å²) in [6.45, 7) is 7.87. The van der Waals surface area contributed by atoms with Crippen LogP contribution >= 0.6 is 0 Å². The number of hydrogen-bond donors (Lipinski definition) is 1. The van der Waals surface area contributed by atoms with Crippen molar-refractivity contribution >= 4 is 23.0 Å². The molecular weight excluding hydrogens is 558 g/mol. The molecular formula is C33H43N7O4. The maximum atomic E-state index is 13.6. The highest BCUT2D eigenvalue weighted by Gasteiger charge is 2.26. The number of carbonyl (C=O) groups is 1. The topological polar surface area (TPSA) is 116 Å². The van der Waals surface area contributed by atoms with Crippen molar-refractivity contribution in [1.82, 2.24) is 29.0 Å². The van der Waals surface area contributed by atoms with E-state index in [4.69, 9.17) is 9.72 Å². The molecule has 44 heavy (non-hydrogen) atoms. The average molecular weight is 602 g/mol. The van der Waals surface area contributed by atoms with E-state index >= 15 is 0 Å². The summed E-state index contributed by atoms with van der Waals surface area (Å²) in [5, 5.41) is 2.86. The van der Waals surface area contributed by atoms with Gasteiger partial charge in [0.25, 0.3) is 11.5 Å². The first-order valence-electron chi connectivity index (χ1n) is 15.9. The van der Waals surface area contributed by atoms with Gasteiger partial charge >= 0.3 is 5.69 Å². The summed E-state index contributed by atoms with van der Waals surface area (Å²) in [6.07, 6.45) is 7.59. The molecule has 1 amide bonds. The molecule has 1 N–H and O–H groups in total. The molecule has 11 nitrogen and oxygen atoms in total. The number of imidazole rings is 1. The third-order valence-corrected chi connectivity index (χ3v) is 8.05. The second-order valence-corrected chi connectivity index (χ2v) is 11.3. The van der Waals surface area contributed by atoms with E-state index < -0.39 is 0 Å². The van der Waals surface area contributed by atoms with Crippen LogP contribution in [0, 0.1) is 0 Å². The third-order valence-electron chi connectivity index (χ3n) is 8.05. The molecule has 0 unspecified atom stereocenters. The molecule has 0 saturated heterocycles. The number of unbranched alkanes of at least 4 members (excludes halogenated alkanes) is 2. The first-order chi connectivity index (χ1) is 21.5. The van der Waals surface area contributed by atoms with Crippen LogP contribution in [0.15, 0.2) is 58.3 Å². The summed E-state index contributed by atoms with van der Waals surface area (Å²) in [5.74, 6) is 1.23. The molecule has 5 rings (SSSR count). The van der Waals surface area contributed by atoms with Crippen LogP contribution in [0.25, 0.3) is 11.2 Å². The lowest BCUT2D eigenvalue weighted by Crippen LogP contribution is -2.41. The Morgan fingerprint density at radius 1 is 0.932 bits per heavy atom. The number of nitrogens with zero attached hydrogens (tertiary/aromatic N) is 6. The van der Waals surface area contributed by atoms with Crippen LogP contribution in [0.4, 0.5) is 5.95 Å². The highest BCUT2D eigenvalue weighted by molar-refractivity contribution is 5.77. The van der Waals surface area contributed by atoms with Gasteiger partial charge in [-0.3, -0.25) is 23.7 Å². The molecule has 1 aliphatic rings. The number of ether oxygens (including phenoxy) is 1. The monoisotopic (exact) mass is 601 g/mol. The van der Waals surface area contributed by atoms with E-state index in [0.29, 0.717) is 49.5 Å². The van der Waals surface area contributed by atoms with Gasteiger partial charge in [-0.05, 0) is 55.5 Å². The fourth-order valence-corrected chi connectivity index (χ4v) is 5.59. The van der Waals surface area contributed by atoms with E-state index in [1.807, 2.05) is 47.0 Å². The van der Waals surface area contributed by atoms with Gasteiger partial charge in [0.2, 0.25) is 5.95 Å². The molecule has 1 aliphatic heterocycles. The molecule has 3 aromatic heterocycles. The van der Waals surface area contributed by atoms with Crippen molar-refractivity contribution in [2.45, 2.75) is 78.4 Å². The van der Waals surface area contributed by atoms with Crippen LogP contribution in [0.2, 0.25) is 0 Å². The SMILES string of the molecule is CCCCn1c(=O)c2c(nc3n2CCCN3CCc2ccc(OCC(=O)NCCc3ccccn3)cc2)n(CCCC)c1=O. The molecule has 0 bridgehead atoms. The maximum Gasteiger partial charge on any atom is 0.332 e. The lowest BCUT2D eigenvalue weighted by molar-refractivity contribution is -0.123. The Balaban J connectivity index is 1.22. The van der Waals surface area contributed by atoms with Gasteiger partial charge in [0, 0.05) is 57.6 Å². The van der Waals surface area contributed by atoms with Crippen molar-refractivity contribution in [3.63, 3.8) is 0 Å². The normalized spacial score (nSPS) is 12.8. The zero-order valence-electron chi connectivity index (χ0n) is 25.8. The molecule has 4 heterocycles. The molecule has 0 saturated carbocycles. The van der Waals surface area contributed by atoms with Gasteiger partial charge in [0.05, 0.1) is 0 Å². The quantitative estimate of drug-likeness (QED) is 0.222. The van der Waals surface area contributed by atoms with Crippen molar-refractivity contribution in [2.75, 3.05) is 31.1 Å². The number of amides is 1. The second-order valence-electron chi connectivity index (χ2n) is 11.3. The number of benzene rings is 1. The summed E-state index contributed by atoms with van der Waals surface area (Å²) >= 11 is 0. The first-order valence-corrected chi connectivity index (χ1v) is 15.9. The molecule has 0 fully saturated rings. The number of pyridine rings is 1. The molecule has 0 atom stereocenters. The largest absolute Gasteiger partial charge is 0.484 e. The highest BCUT2D eigenvalue weighted by Crippen LogP contribution is 2.25. The van der Waals surface area contributed by atoms with Crippen LogP contribution in [-0.4, -0.2) is 55.8 Å². The van der Waals surface area contributed by atoms with E-state index in [0.717, 1.165) is 68.8 Å². The first kappa shape index (κ1) is 31.0. The van der Waals surface area contributed by atoms with Gasteiger partial charge in [0.15, 0.2) is 17.8 Å². The smallest absolute Gasteiger partial charge is 0.332 e. The zero-order chi connectivity index (χ0) is 30.9. The van der Waals surface area contributed by atoms with Crippen molar-refractivity contribution in [3.05, 3.63) is 80.8 Å². The second kappa shape index (κ2) is 14.9. The molecule has 0 radical (unpaired) electrons. The van der Waals surface area contributed by atoms with Crippen molar-refractivity contribution < 1.29 is 9.53 Å². The van der Waals surface area contributed by atoms with Crippen molar-refractivity contribution in [3.8, 4) is 5.75 Å². The molecule has 0 aliphatic carbocycles. The fraction of sp³-hybridized carbons (Fsp3) is 0.485. The molecule has 4 aromatic rings. The molecule has 11 heteroatoms. The lowest BCUT2D eigenvalue weighted by atomic mass is 10.1. The average Bonchev–Trinajstić information content (AvgIpc) is 3.44. The Labute approximate surface area is 257 Å². The number of carbonyl (C=O) groups excluding carboxylic acids is 1. The Morgan fingerprint density at radius 3 is 2.43 bits per heavy atom. The van der Waals surface area contributed by atoms with E-state index in [-0.39, 0.29) is 23.8 Å². The van der Waals surface area contributed by atoms with E-state index in [1.165, 1.54) is 4.57 Å². The summed E-state index contributed by atoms with van der Waals surface area (Å²) in [4.78, 5) is 50.5. The predicted molar refractivity (Wildman–Crippen MR) is 171 cm³/mol. The zero-order valence-corrected chi connectivity index (χ0v) is 25.8. The minimum absolute atomic E-state index is 0.0466. The van der Waals surface area contributed by atoms with Crippen LogP contribution in [0.3, 0.4) is 0 Å². The lowest BCUT2D eigenvalue weighted by Gasteiger charge is -2.29. The molecule has 234 valence electrons. The van der Waals surface area contributed by atoms with Crippen LogP contribution < -0.4 is 26.2 Å². The summed E-state index contributed by atoms with van der Waals surface area (Å²) < 4.78 is 10.8. The highest BCUT2D eigenvalue weighted by atomic mass is 16.5. The van der Waals surface area contributed by atoms with Crippen LogP contribution in [0.1, 0.15) is 57.2 Å². The van der Waals surface area contributed by atoms with Gasteiger partial charge in [-0.15, -0.1) is 0 Å². The third kappa shape index (κ3) is 7.20. The van der Waals surface area contributed by atoms with Crippen LogP contribution in [-0.2, 0) is 37.3 Å². The number of fused-ring (bicyclic) bond motifs is 3. The van der Waals surface area contributed by atoms with Gasteiger partial charge in [0.1, 0.15) is 5.75 Å². The Hall–Kier alpha value is -4.41. The molecule has 0 spiro atoms. The van der Waals surface area contributed by atoms with E-state index in [1.54, 1.807) is 10.8 Å². The van der Waals surface area contributed by atoms with Gasteiger partial charge in [-0.2, -0.15) is 4.98 Å². The van der Waals surface area contributed by atoms with Crippen molar-refractivity contribution in [2.24, 2.45) is 0 Å². The fourth-order valence-electron chi connectivity index (χ4n) is 5.59. The number of hydrogen-bond acceptors (Lipinski definition) is 7. The van der Waals surface area contributed by atoms with E-state index in [2.05, 4.69) is 29.0 Å². The Morgan fingerprint density at radius 2 is 1.70 bits per heavy atom. The van der Waals surface area contributed by atoms with Crippen LogP contribution in [0.5, 0.6) is 5.75 Å². The predicted octanol–water partition coefficient (Wildman–Crippen LogP) is 3.55. The van der Waals surface area contributed by atoms with Gasteiger partial charge in [-0.25, -0.2) is 4.79 Å². The Kier molecular flexibility index (Phi) is 10.5.